The molecule has 0 saturated heterocycles. The first-order valence-corrected chi connectivity index (χ1v) is 6.10. The predicted octanol–water partition coefficient (Wildman–Crippen LogP) is 2.31. The number of nitrogens with zero attached hydrogens (tertiary/aromatic N) is 1. The maximum Gasteiger partial charge on any atom is 0.267 e. The van der Waals surface area contributed by atoms with Crippen molar-refractivity contribution in [2.75, 3.05) is 17.7 Å². The van der Waals surface area contributed by atoms with E-state index in [-0.39, 0.29) is 11.3 Å². The van der Waals surface area contributed by atoms with E-state index in [9.17, 15) is 4.79 Å². The third-order valence-electron chi connectivity index (χ3n) is 3.30. The van der Waals surface area contributed by atoms with Crippen LogP contribution in [0.1, 0.15) is 33.3 Å². The number of likely N-dealkylation sites (N-methyl/N-ethyl adjacent to an activating group) is 1. The smallest absolute Gasteiger partial charge is 0.267 e. The standard InChI is InChI=1S/C14H20N2O2/c1-8-13(17)16(5)11-7-9(14(2,3)4)6-10(15)12(11)18-8/h6-8H,15H2,1-5H3. The lowest BCUT2D eigenvalue weighted by molar-refractivity contribution is -0.125. The maximum atomic E-state index is 11.9. The van der Waals surface area contributed by atoms with Gasteiger partial charge in [-0.15, -0.1) is 0 Å². The van der Waals surface area contributed by atoms with E-state index in [1.54, 1.807) is 18.9 Å². The number of amides is 1. The van der Waals surface area contributed by atoms with Gasteiger partial charge < -0.3 is 15.4 Å². The van der Waals surface area contributed by atoms with E-state index in [1.165, 1.54) is 0 Å². The SMILES string of the molecule is CC1Oc2c(N)cc(C(C)(C)C)cc2N(C)C1=O. The topological polar surface area (TPSA) is 55.6 Å². The average Bonchev–Trinajstić information content (AvgIpc) is 2.26. The largest absolute Gasteiger partial charge is 0.477 e. The van der Waals surface area contributed by atoms with E-state index >= 15 is 0 Å². The van der Waals surface area contributed by atoms with Gasteiger partial charge in [-0.05, 0) is 30.0 Å². The van der Waals surface area contributed by atoms with Gasteiger partial charge in [-0.2, -0.15) is 0 Å². The summed E-state index contributed by atoms with van der Waals surface area (Å²) < 4.78 is 5.60. The van der Waals surface area contributed by atoms with Gasteiger partial charge in [0.1, 0.15) is 0 Å². The molecule has 1 amide bonds. The van der Waals surface area contributed by atoms with Crippen LogP contribution in [0.15, 0.2) is 12.1 Å². The van der Waals surface area contributed by atoms with Gasteiger partial charge in [0.05, 0.1) is 11.4 Å². The highest BCUT2D eigenvalue weighted by Crippen LogP contribution is 2.41. The van der Waals surface area contributed by atoms with Crippen LogP contribution in [0.25, 0.3) is 0 Å². The van der Waals surface area contributed by atoms with E-state index < -0.39 is 6.10 Å². The number of hydrogen-bond donors (Lipinski definition) is 1. The van der Waals surface area contributed by atoms with Crippen molar-refractivity contribution in [1.29, 1.82) is 0 Å². The molecule has 4 nitrogen and oxygen atoms in total. The molecule has 0 saturated carbocycles. The van der Waals surface area contributed by atoms with Gasteiger partial charge in [0.25, 0.3) is 5.91 Å². The Bertz CT molecular complexity index is 503. The number of benzene rings is 1. The fourth-order valence-corrected chi connectivity index (χ4v) is 2.06. The minimum atomic E-state index is -0.481. The first kappa shape index (κ1) is 12.7. The molecule has 0 aromatic heterocycles. The van der Waals surface area contributed by atoms with Crippen LogP contribution >= 0.6 is 0 Å². The number of nitrogens with two attached hydrogens (primary N) is 1. The van der Waals surface area contributed by atoms with Crippen molar-refractivity contribution in [2.45, 2.75) is 39.2 Å². The summed E-state index contributed by atoms with van der Waals surface area (Å²) in [6.45, 7) is 8.08. The Morgan fingerprint density at radius 3 is 2.50 bits per heavy atom. The van der Waals surface area contributed by atoms with Gasteiger partial charge in [-0.1, -0.05) is 20.8 Å². The second-order valence-electron chi connectivity index (χ2n) is 5.82. The Balaban J connectivity index is 2.60. The van der Waals surface area contributed by atoms with Gasteiger partial charge in [0, 0.05) is 7.05 Å². The molecule has 1 aliphatic heterocycles. The van der Waals surface area contributed by atoms with Crippen molar-refractivity contribution >= 4 is 17.3 Å². The van der Waals surface area contributed by atoms with Gasteiger partial charge >= 0.3 is 0 Å². The van der Waals surface area contributed by atoms with Crippen molar-refractivity contribution in [1.82, 2.24) is 0 Å². The van der Waals surface area contributed by atoms with Gasteiger partial charge in [0.15, 0.2) is 11.9 Å². The average molecular weight is 248 g/mol. The molecule has 1 aromatic carbocycles. The highest BCUT2D eigenvalue weighted by molar-refractivity contribution is 6.00. The highest BCUT2D eigenvalue weighted by Gasteiger charge is 2.31. The van der Waals surface area contributed by atoms with E-state index in [1.807, 2.05) is 12.1 Å². The second kappa shape index (κ2) is 3.90. The minimum absolute atomic E-state index is 0.0178. The zero-order chi connectivity index (χ0) is 13.7. The Labute approximate surface area is 108 Å². The summed E-state index contributed by atoms with van der Waals surface area (Å²) in [4.78, 5) is 13.5. The molecule has 0 radical (unpaired) electrons. The molecule has 1 aromatic rings. The summed E-state index contributed by atoms with van der Waals surface area (Å²) in [5.74, 6) is 0.561. The lowest BCUT2D eigenvalue weighted by Gasteiger charge is -2.33. The Morgan fingerprint density at radius 2 is 1.94 bits per heavy atom. The molecule has 0 fully saturated rings. The molecule has 18 heavy (non-hydrogen) atoms. The third-order valence-corrected chi connectivity index (χ3v) is 3.30. The normalized spacial score (nSPS) is 19.5. The summed E-state index contributed by atoms with van der Waals surface area (Å²) in [5, 5.41) is 0. The summed E-state index contributed by atoms with van der Waals surface area (Å²) in [5.41, 5.74) is 8.46. The van der Waals surface area contributed by atoms with Crippen molar-refractivity contribution in [3.8, 4) is 5.75 Å². The van der Waals surface area contributed by atoms with Crippen LogP contribution in [-0.2, 0) is 10.2 Å². The fraction of sp³-hybridized carbons (Fsp3) is 0.500. The lowest BCUT2D eigenvalue weighted by atomic mass is 9.86. The number of fused-ring (bicyclic) bond motifs is 1. The van der Waals surface area contributed by atoms with Crippen LogP contribution in [0, 0.1) is 0 Å². The molecule has 0 bridgehead atoms. The number of ether oxygens (including phenoxy) is 1. The molecule has 1 heterocycles. The predicted molar refractivity (Wildman–Crippen MR) is 73.1 cm³/mol. The van der Waals surface area contributed by atoms with E-state index in [4.69, 9.17) is 10.5 Å². The molecule has 1 atom stereocenters. The second-order valence-corrected chi connectivity index (χ2v) is 5.82. The number of carbonyl (C=O) groups excluding carboxylic acids is 1. The van der Waals surface area contributed by atoms with Crippen molar-refractivity contribution in [3.63, 3.8) is 0 Å². The molecule has 4 heteroatoms. The van der Waals surface area contributed by atoms with E-state index in [0.717, 1.165) is 11.3 Å². The molecule has 98 valence electrons. The third kappa shape index (κ3) is 1.92. The molecule has 1 unspecified atom stereocenters. The van der Waals surface area contributed by atoms with Crippen molar-refractivity contribution in [2.24, 2.45) is 0 Å². The van der Waals surface area contributed by atoms with Gasteiger partial charge in [-0.25, -0.2) is 0 Å². The van der Waals surface area contributed by atoms with Crippen LogP contribution < -0.4 is 15.4 Å². The van der Waals surface area contributed by atoms with E-state index in [2.05, 4.69) is 20.8 Å². The van der Waals surface area contributed by atoms with Crippen LogP contribution in [0.3, 0.4) is 0 Å². The number of hydrogen-bond acceptors (Lipinski definition) is 3. The Morgan fingerprint density at radius 1 is 1.33 bits per heavy atom. The summed E-state index contributed by atoms with van der Waals surface area (Å²) in [6, 6.07) is 3.91. The Hall–Kier alpha value is -1.71. The first-order valence-electron chi connectivity index (χ1n) is 6.10. The Kier molecular flexibility index (Phi) is 2.76. The van der Waals surface area contributed by atoms with Gasteiger partial charge in [-0.3, -0.25) is 4.79 Å². The highest BCUT2D eigenvalue weighted by atomic mass is 16.5. The van der Waals surface area contributed by atoms with Crippen LogP contribution in [-0.4, -0.2) is 19.1 Å². The monoisotopic (exact) mass is 248 g/mol. The number of carbonyl (C=O) groups is 1. The lowest BCUT2D eigenvalue weighted by Crippen LogP contribution is -2.42. The number of anilines is 2. The quantitative estimate of drug-likeness (QED) is 0.717. The minimum Gasteiger partial charge on any atom is -0.477 e. The zero-order valence-electron chi connectivity index (χ0n) is 11.6. The first-order chi connectivity index (χ1) is 8.21. The van der Waals surface area contributed by atoms with Crippen LogP contribution in [0.2, 0.25) is 0 Å². The molecule has 1 aliphatic rings. The molecule has 2 rings (SSSR count). The van der Waals surface area contributed by atoms with Crippen LogP contribution in [0.5, 0.6) is 5.75 Å². The summed E-state index contributed by atoms with van der Waals surface area (Å²) in [6.07, 6.45) is -0.481. The van der Waals surface area contributed by atoms with E-state index in [0.29, 0.717) is 11.4 Å². The molecular weight excluding hydrogens is 228 g/mol. The summed E-state index contributed by atoms with van der Waals surface area (Å²) in [7, 11) is 1.76. The van der Waals surface area contributed by atoms with Crippen molar-refractivity contribution in [3.05, 3.63) is 17.7 Å². The number of rotatable bonds is 0. The van der Waals surface area contributed by atoms with Crippen LogP contribution in [0.4, 0.5) is 11.4 Å². The fourth-order valence-electron chi connectivity index (χ4n) is 2.06. The number of nitrogen functional groups attached to an aromatic ring is 1. The maximum absolute atomic E-state index is 11.9. The molecular formula is C14H20N2O2. The van der Waals surface area contributed by atoms with Gasteiger partial charge in [0.2, 0.25) is 0 Å². The molecule has 0 spiro atoms. The zero-order valence-corrected chi connectivity index (χ0v) is 11.6. The molecule has 0 aliphatic carbocycles. The summed E-state index contributed by atoms with van der Waals surface area (Å²) >= 11 is 0. The molecule has 2 N–H and O–H groups in total. The van der Waals surface area contributed by atoms with Crippen molar-refractivity contribution < 1.29 is 9.53 Å².